The molecule has 2 aromatic heterocycles. The summed E-state index contributed by atoms with van der Waals surface area (Å²) < 4.78 is 8.04. The number of aromatic nitrogens is 3. The highest BCUT2D eigenvalue weighted by Gasteiger charge is 2.20. The molecule has 4 nitrogen and oxygen atoms in total. The predicted octanol–water partition coefficient (Wildman–Crippen LogP) is 6.04. The molecule has 138 valence electrons. The molecule has 5 aromatic rings. The third-order valence-corrected chi connectivity index (χ3v) is 5.90. The monoisotopic (exact) mass is 367 g/mol. The maximum Gasteiger partial charge on any atom is 0.150 e. The van der Waals surface area contributed by atoms with E-state index in [2.05, 4.69) is 70.3 Å². The van der Waals surface area contributed by atoms with Crippen LogP contribution in [-0.2, 0) is 4.74 Å². The number of hydrogen-bond acceptors (Lipinski definition) is 2. The largest absolute Gasteiger partial charge is 0.356 e. The normalized spacial score (nSPS) is 17.6. The van der Waals surface area contributed by atoms with E-state index in [1.807, 2.05) is 6.20 Å². The van der Waals surface area contributed by atoms with Crippen LogP contribution in [-0.4, -0.2) is 21.4 Å². The van der Waals surface area contributed by atoms with Gasteiger partial charge in [0, 0.05) is 33.8 Å². The standard InChI is InChI=1S/C24H21N3O/c1-2-11-21-17(7-1)19-10-5-9-18(24(19)26-21)16-8-6-12-22-20(16)15-25-27(22)23-13-3-4-14-28-23/h1-2,5-12,15,23,26H,3-4,13-14H2. The van der Waals surface area contributed by atoms with E-state index in [1.54, 1.807) is 0 Å². The smallest absolute Gasteiger partial charge is 0.150 e. The van der Waals surface area contributed by atoms with Crippen molar-refractivity contribution in [1.82, 2.24) is 14.8 Å². The molecular weight excluding hydrogens is 346 g/mol. The second-order valence-corrected chi connectivity index (χ2v) is 7.55. The molecule has 3 heterocycles. The lowest BCUT2D eigenvalue weighted by Crippen LogP contribution is -2.18. The van der Waals surface area contributed by atoms with Crippen molar-refractivity contribution in [3.63, 3.8) is 0 Å². The average Bonchev–Trinajstić information content (AvgIpc) is 3.36. The van der Waals surface area contributed by atoms with Crippen LogP contribution in [0.2, 0.25) is 0 Å². The Bertz CT molecular complexity index is 1310. The highest BCUT2D eigenvalue weighted by molar-refractivity contribution is 6.13. The summed E-state index contributed by atoms with van der Waals surface area (Å²) in [5, 5.41) is 8.40. The fraction of sp³-hybridized carbons (Fsp3) is 0.208. The van der Waals surface area contributed by atoms with E-state index in [4.69, 9.17) is 9.84 Å². The van der Waals surface area contributed by atoms with Gasteiger partial charge in [0.25, 0.3) is 0 Å². The summed E-state index contributed by atoms with van der Waals surface area (Å²) in [5.74, 6) is 0. The van der Waals surface area contributed by atoms with E-state index in [0.717, 1.165) is 25.0 Å². The van der Waals surface area contributed by atoms with Gasteiger partial charge in [-0.25, -0.2) is 4.68 Å². The molecule has 0 aliphatic carbocycles. The molecule has 1 atom stereocenters. The Morgan fingerprint density at radius 3 is 2.64 bits per heavy atom. The van der Waals surface area contributed by atoms with Crippen LogP contribution in [0.15, 0.2) is 66.9 Å². The van der Waals surface area contributed by atoms with Crippen LogP contribution in [0.5, 0.6) is 0 Å². The third-order valence-electron chi connectivity index (χ3n) is 5.90. The second-order valence-electron chi connectivity index (χ2n) is 7.55. The summed E-state index contributed by atoms with van der Waals surface area (Å²) in [5.41, 5.74) is 5.90. The summed E-state index contributed by atoms with van der Waals surface area (Å²) in [4.78, 5) is 3.63. The molecule has 0 bridgehead atoms. The molecule has 6 rings (SSSR count). The summed E-state index contributed by atoms with van der Waals surface area (Å²) in [6.45, 7) is 0.820. The van der Waals surface area contributed by atoms with Gasteiger partial charge < -0.3 is 9.72 Å². The van der Waals surface area contributed by atoms with E-state index in [0.29, 0.717) is 0 Å². The van der Waals surface area contributed by atoms with Crippen LogP contribution in [0.4, 0.5) is 0 Å². The van der Waals surface area contributed by atoms with Crippen LogP contribution < -0.4 is 0 Å². The Kier molecular flexibility index (Phi) is 3.53. The van der Waals surface area contributed by atoms with Gasteiger partial charge in [-0.15, -0.1) is 0 Å². The van der Waals surface area contributed by atoms with Crippen molar-refractivity contribution in [2.45, 2.75) is 25.5 Å². The molecule has 28 heavy (non-hydrogen) atoms. The number of ether oxygens (including phenoxy) is 1. The maximum absolute atomic E-state index is 5.98. The molecule has 1 N–H and O–H groups in total. The molecule has 1 aliphatic heterocycles. The predicted molar refractivity (Wildman–Crippen MR) is 113 cm³/mol. The molecule has 4 heteroatoms. The lowest BCUT2D eigenvalue weighted by molar-refractivity contribution is -0.0366. The van der Waals surface area contributed by atoms with Gasteiger partial charge in [0.2, 0.25) is 0 Å². The van der Waals surface area contributed by atoms with Gasteiger partial charge >= 0.3 is 0 Å². The summed E-state index contributed by atoms with van der Waals surface area (Å²) >= 11 is 0. The van der Waals surface area contributed by atoms with Crippen molar-refractivity contribution in [2.24, 2.45) is 0 Å². The zero-order valence-electron chi connectivity index (χ0n) is 15.6. The first-order valence-electron chi connectivity index (χ1n) is 9.98. The maximum atomic E-state index is 5.98. The number of H-pyrrole nitrogens is 1. The van der Waals surface area contributed by atoms with Crippen LogP contribution in [0.3, 0.4) is 0 Å². The van der Waals surface area contributed by atoms with Gasteiger partial charge in [0.15, 0.2) is 6.23 Å². The molecule has 0 saturated carbocycles. The fourth-order valence-corrected chi connectivity index (χ4v) is 4.55. The average molecular weight is 367 g/mol. The van der Waals surface area contributed by atoms with Gasteiger partial charge in [0.1, 0.15) is 0 Å². The number of nitrogens with one attached hydrogen (secondary N) is 1. The van der Waals surface area contributed by atoms with Crippen LogP contribution in [0, 0.1) is 0 Å². The van der Waals surface area contributed by atoms with Crippen LogP contribution in [0.1, 0.15) is 25.5 Å². The van der Waals surface area contributed by atoms with Crippen molar-refractivity contribution in [1.29, 1.82) is 0 Å². The third kappa shape index (κ3) is 2.31. The second kappa shape index (κ2) is 6.21. The van der Waals surface area contributed by atoms with E-state index in [9.17, 15) is 0 Å². The van der Waals surface area contributed by atoms with Gasteiger partial charge in [-0.2, -0.15) is 5.10 Å². The molecule has 1 aliphatic rings. The minimum atomic E-state index is 0.0466. The number of benzene rings is 3. The minimum absolute atomic E-state index is 0.0466. The molecule has 0 spiro atoms. The number of fused-ring (bicyclic) bond motifs is 4. The van der Waals surface area contributed by atoms with Crippen molar-refractivity contribution in [3.8, 4) is 11.1 Å². The van der Waals surface area contributed by atoms with E-state index in [-0.39, 0.29) is 6.23 Å². The van der Waals surface area contributed by atoms with Gasteiger partial charge in [-0.1, -0.05) is 48.5 Å². The summed E-state index contributed by atoms with van der Waals surface area (Å²) in [6, 6.07) is 21.5. The number of rotatable bonds is 2. The number of aromatic amines is 1. The van der Waals surface area contributed by atoms with Crippen molar-refractivity contribution in [2.75, 3.05) is 6.61 Å². The number of nitrogens with zero attached hydrogens (tertiary/aromatic N) is 2. The Hall–Kier alpha value is -3.11. The lowest BCUT2D eigenvalue weighted by Gasteiger charge is -2.23. The number of hydrogen-bond donors (Lipinski definition) is 1. The van der Waals surface area contributed by atoms with Crippen molar-refractivity contribution < 1.29 is 4.74 Å². The first-order chi connectivity index (χ1) is 13.9. The van der Waals surface area contributed by atoms with Crippen LogP contribution >= 0.6 is 0 Å². The Morgan fingerprint density at radius 1 is 0.857 bits per heavy atom. The fourth-order valence-electron chi connectivity index (χ4n) is 4.55. The van der Waals surface area contributed by atoms with E-state index >= 15 is 0 Å². The molecule has 1 saturated heterocycles. The SMILES string of the molecule is c1ccc2c(c1)[nH]c1c(-c3cccc4c3cnn4C3CCCCO3)cccc12. The molecule has 1 fully saturated rings. The Labute approximate surface area is 162 Å². The highest BCUT2D eigenvalue weighted by atomic mass is 16.5. The van der Waals surface area contributed by atoms with Crippen LogP contribution in [0.25, 0.3) is 43.8 Å². The zero-order valence-corrected chi connectivity index (χ0v) is 15.6. The minimum Gasteiger partial charge on any atom is -0.356 e. The summed E-state index contributed by atoms with van der Waals surface area (Å²) in [7, 11) is 0. The van der Waals surface area contributed by atoms with E-state index in [1.165, 1.54) is 44.7 Å². The van der Waals surface area contributed by atoms with Gasteiger partial charge in [0.05, 0.1) is 17.2 Å². The first-order valence-corrected chi connectivity index (χ1v) is 9.98. The number of para-hydroxylation sites is 2. The molecule has 0 amide bonds. The molecule has 1 unspecified atom stereocenters. The Morgan fingerprint density at radius 2 is 1.71 bits per heavy atom. The Balaban J connectivity index is 1.58. The lowest BCUT2D eigenvalue weighted by atomic mass is 9.99. The summed E-state index contributed by atoms with van der Waals surface area (Å²) in [6.07, 6.45) is 5.40. The van der Waals surface area contributed by atoms with Gasteiger partial charge in [-0.3, -0.25) is 0 Å². The zero-order chi connectivity index (χ0) is 18.5. The molecular formula is C24H21N3O. The highest BCUT2D eigenvalue weighted by Crippen LogP contribution is 2.37. The van der Waals surface area contributed by atoms with Gasteiger partial charge in [-0.05, 0) is 37.0 Å². The first kappa shape index (κ1) is 15.9. The van der Waals surface area contributed by atoms with Crippen molar-refractivity contribution >= 4 is 32.7 Å². The topological polar surface area (TPSA) is 42.8 Å². The van der Waals surface area contributed by atoms with Crippen molar-refractivity contribution in [3.05, 3.63) is 66.9 Å². The van der Waals surface area contributed by atoms with E-state index < -0.39 is 0 Å². The molecule has 3 aromatic carbocycles. The quantitative estimate of drug-likeness (QED) is 0.413. The molecule has 0 radical (unpaired) electrons.